The van der Waals surface area contributed by atoms with Crippen LogP contribution in [0.25, 0.3) is 0 Å². The normalized spacial score (nSPS) is 25.9. The highest BCUT2D eigenvalue weighted by Gasteiger charge is 2.30. The molecule has 1 atom stereocenters. The Kier molecular flexibility index (Phi) is 7.26. The van der Waals surface area contributed by atoms with E-state index in [2.05, 4.69) is 47.5 Å². The van der Waals surface area contributed by atoms with E-state index in [9.17, 15) is 0 Å². The van der Waals surface area contributed by atoms with E-state index in [1.54, 1.807) is 22.9 Å². The van der Waals surface area contributed by atoms with Crippen molar-refractivity contribution < 1.29 is 4.74 Å². The summed E-state index contributed by atoms with van der Waals surface area (Å²) in [7, 11) is 2.14. The molecule has 0 spiro atoms. The second-order valence-corrected chi connectivity index (χ2v) is 11.2. The molecule has 1 aromatic rings. The quantitative estimate of drug-likeness (QED) is 0.439. The maximum atomic E-state index is 5.75. The molecule has 4 rings (SSSR count). The first kappa shape index (κ1) is 22.3. The Hall–Kier alpha value is -0.850. The number of nitrogens with zero attached hydrogens (tertiary/aromatic N) is 4. The average Bonchev–Trinajstić information content (AvgIpc) is 3.36. The van der Waals surface area contributed by atoms with Crippen molar-refractivity contribution in [3.63, 3.8) is 0 Å². The van der Waals surface area contributed by atoms with E-state index in [0.717, 1.165) is 17.5 Å². The van der Waals surface area contributed by atoms with Crippen LogP contribution in [0.1, 0.15) is 83.9 Å². The molecule has 0 N–H and O–H groups in total. The molecule has 2 aliphatic heterocycles. The number of rotatable bonds is 7. The van der Waals surface area contributed by atoms with Gasteiger partial charge in [-0.15, -0.1) is 10.2 Å². The minimum Gasteiger partial charge on any atom is -0.377 e. The molecule has 0 radical (unpaired) electrons. The van der Waals surface area contributed by atoms with Crippen LogP contribution >= 0.6 is 11.8 Å². The molecule has 0 aromatic carbocycles. The van der Waals surface area contributed by atoms with Gasteiger partial charge in [0.1, 0.15) is 5.82 Å². The van der Waals surface area contributed by atoms with Crippen LogP contribution in [0, 0.1) is 5.41 Å². The third kappa shape index (κ3) is 5.13. The summed E-state index contributed by atoms with van der Waals surface area (Å²) >= 11 is 1.80. The van der Waals surface area contributed by atoms with Gasteiger partial charge in [0, 0.05) is 31.9 Å². The predicted octanol–water partition coefficient (Wildman–Crippen LogP) is 5.18. The first-order valence-electron chi connectivity index (χ1n) is 12.0. The fraction of sp³-hybridized carbons (Fsp3) is 0.833. The van der Waals surface area contributed by atoms with Crippen molar-refractivity contribution in [1.82, 2.24) is 19.7 Å². The second-order valence-electron chi connectivity index (χ2n) is 10.2. The van der Waals surface area contributed by atoms with E-state index in [0.29, 0.717) is 17.4 Å². The van der Waals surface area contributed by atoms with Crippen LogP contribution in [0.5, 0.6) is 0 Å². The molecule has 30 heavy (non-hydrogen) atoms. The van der Waals surface area contributed by atoms with Crippen molar-refractivity contribution >= 4 is 11.8 Å². The van der Waals surface area contributed by atoms with Gasteiger partial charge in [0.15, 0.2) is 5.16 Å². The van der Waals surface area contributed by atoms with E-state index in [1.165, 1.54) is 76.8 Å². The second kappa shape index (κ2) is 9.74. The highest BCUT2D eigenvalue weighted by Crippen LogP contribution is 2.42. The topological polar surface area (TPSA) is 43.2 Å². The third-order valence-corrected chi connectivity index (χ3v) is 8.76. The molecule has 2 saturated heterocycles. The van der Waals surface area contributed by atoms with Gasteiger partial charge in [0.25, 0.3) is 0 Å². The summed E-state index contributed by atoms with van der Waals surface area (Å²) < 4.78 is 7.98. The summed E-state index contributed by atoms with van der Waals surface area (Å²) in [4.78, 5) is 2.67. The summed E-state index contributed by atoms with van der Waals surface area (Å²) in [5.41, 5.74) is 3.79. The molecule has 6 heteroatoms. The van der Waals surface area contributed by atoms with E-state index < -0.39 is 0 Å². The molecule has 168 valence electrons. The maximum absolute atomic E-state index is 5.75. The Balaban J connectivity index is 1.26. The van der Waals surface area contributed by atoms with Crippen LogP contribution in [-0.4, -0.2) is 57.8 Å². The lowest BCUT2D eigenvalue weighted by Crippen LogP contribution is -2.35. The van der Waals surface area contributed by atoms with Gasteiger partial charge in [-0.2, -0.15) is 0 Å². The number of likely N-dealkylation sites (tertiary alicyclic amines) is 1. The number of allylic oxidation sites excluding steroid dienone is 1. The first-order valence-corrected chi connectivity index (χ1v) is 13.0. The first-order chi connectivity index (χ1) is 14.4. The Labute approximate surface area is 187 Å². The maximum Gasteiger partial charge on any atom is 0.191 e. The number of piperidine rings is 1. The van der Waals surface area contributed by atoms with Gasteiger partial charge in [0.2, 0.25) is 0 Å². The van der Waals surface area contributed by atoms with Crippen molar-refractivity contribution in [1.29, 1.82) is 0 Å². The summed E-state index contributed by atoms with van der Waals surface area (Å²) in [5, 5.41) is 10.1. The fourth-order valence-corrected chi connectivity index (χ4v) is 6.65. The van der Waals surface area contributed by atoms with Crippen molar-refractivity contribution in [2.45, 2.75) is 89.3 Å². The Bertz CT molecular complexity index is 742. The Morgan fingerprint density at radius 1 is 1.13 bits per heavy atom. The largest absolute Gasteiger partial charge is 0.377 e. The van der Waals surface area contributed by atoms with Gasteiger partial charge >= 0.3 is 0 Å². The Morgan fingerprint density at radius 3 is 2.63 bits per heavy atom. The van der Waals surface area contributed by atoms with Crippen LogP contribution < -0.4 is 0 Å². The van der Waals surface area contributed by atoms with E-state index in [4.69, 9.17) is 4.74 Å². The van der Waals surface area contributed by atoms with Gasteiger partial charge in [-0.1, -0.05) is 36.8 Å². The molecule has 1 aromatic heterocycles. The van der Waals surface area contributed by atoms with Crippen LogP contribution in [0.15, 0.2) is 16.3 Å². The van der Waals surface area contributed by atoms with Crippen molar-refractivity contribution in [2.75, 3.05) is 32.0 Å². The van der Waals surface area contributed by atoms with Crippen LogP contribution in [0.2, 0.25) is 0 Å². The van der Waals surface area contributed by atoms with Crippen molar-refractivity contribution in [3.8, 4) is 0 Å². The van der Waals surface area contributed by atoms with Gasteiger partial charge in [-0.05, 0) is 76.8 Å². The third-order valence-electron chi connectivity index (χ3n) is 7.61. The minimum absolute atomic E-state index is 0.395. The molecular weight excluding hydrogens is 392 g/mol. The highest BCUT2D eigenvalue weighted by atomic mass is 32.2. The summed E-state index contributed by atoms with van der Waals surface area (Å²) in [5.74, 6) is 2.72. The highest BCUT2D eigenvalue weighted by molar-refractivity contribution is 7.99. The molecule has 0 amide bonds. The molecule has 3 heterocycles. The molecule has 2 fully saturated rings. The lowest BCUT2D eigenvalue weighted by Gasteiger charge is -2.37. The van der Waals surface area contributed by atoms with Gasteiger partial charge in [-0.25, -0.2) is 0 Å². The fourth-order valence-electron chi connectivity index (χ4n) is 5.66. The number of ether oxygens (including phenoxy) is 1. The minimum atomic E-state index is 0.395. The summed E-state index contributed by atoms with van der Waals surface area (Å²) in [6.07, 6.45) is 10.4. The average molecular weight is 433 g/mol. The van der Waals surface area contributed by atoms with Crippen LogP contribution in [0.4, 0.5) is 0 Å². The van der Waals surface area contributed by atoms with E-state index in [1.807, 2.05) is 0 Å². The summed E-state index contributed by atoms with van der Waals surface area (Å²) in [6, 6.07) is 0. The standard InChI is InChI=1S/C24H40N4OS/c1-18-7-5-12-24(2,3)21(18)11-15-28-13-9-19(10-14-28)22-25-26-23(27(22)4)30-17-20-8-6-16-29-20/h19-20H,5-17H2,1-4H3. The lowest BCUT2D eigenvalue weighted by molar-refractivity contribution is 0.129. The zero-order valence-electron chi connectivity index (χ0n) is 19.5. The molecule has 5 nitrogen and oxygen atoms in total. The molecule has 1 aliphatic carbocycles. The van der Waals surface area contributed by atoms with E-state index in [-0.39, 0.29) is 0 Å². The SMILES string of the molecule is CC1=C(CCN2CCC(c3nnc(SCC4CCCO4)n3C)CC2)C(C)(C)CCC1. The number of aromatic nitrogens is 3. The smallest absolute Gasteiger partial charge is 0.191 e. The van der Waals surface area contributed by atoms with Gasteiger partial charge in [-0.3, -0.25) is 0 Å². The zero-order valence-corrected chi connectivity index (χ0v) is 20.3. The number of thioether (sulfide) groups is 1. The molecule has 1 unspecified atom stereocenters. The molecular formula is C24H40N4OS. The Morgan fingerprint density at radius 2 is 1.93 bits per heavy atom. The monoisotopic (exact) mass is 432 g/mol. The molecule has 3 aliphatic rings. The lowest BCUT2D eigenvalue weighted by atomic mass is 9.71. The number of hydrogen-bond donors (Lipinski definition) is 0. The number of hydrogen-bond acceptors (Lipinski definition) is 5. The van der Waals surface area contributed by atoms with Crippen LogP contribution in [0.3, 0.4) is 0 Å². The van der Waals surface area contributed by atoms with Crippen molar-refractivity contribution in [2.24, 2.45) is 12.5 Å². The van der Waals surface area contributed by atoms with E-state index >= 15 is 0 Å². The zero-order chi connectivity index (χ0) is 21.1. The van der Waals surface area contributed by atoms with Gasteiger partial charge < -0.3 is 14.2 Å². The van der Waals surface area contributed by atoms with Crippen molar-refractivity contribution in [3.05, 3.63) is 17.0 Å². The predicted molar refractivity (Wildman–Crippen MR) is 124 cm³/mol. The molecule has 0 bridgehead atoms. The van der Waals surface area contributed by atoms with Gasteiger partial charge in [0.05, 0.1) is 6.10 Å². The summed E-state index contributed by atoms with van der Waals surface area (Å²) in [6.45, 7) is 11.8. The molecule has 0 saturated carbocycles. The van der Waals surface area contributed by atoms with Crippen LogP contribution in [-0.2, 0) is 11.8 Å².